The predicted octanol–water partition coefficient (Wildman–Crippen LogP) is 3.26. The Balaban J connectivity index is 2.13. The number of nitrogens with zero attached hydrogens (tertiary/aromatic N) is 3. The van der Waals surface area contributed by atoms with Crippen LogP contribution in [0.4, 0.5) is 13.2 Å². The van der Waals surface area contributed by atoms with Crippen molar-refractivity contribution in [1.82, 2.24) is 14.1 Å². The molecule has 2 aromatic rings. The first-order valence-electron chi connectivity index (χ1n) is 10.6. The van der Waals surface area contributed by atoms with Gasteiger partial charge in [0.25, 0.3) is 0 Å². The zero-order valence-corrected chi connectivity index (χ0v) is 21.1. The average Bonchev–Trinajstić information content (AvgIpc) is 3.13. The van der Waals surface area contributed by atoms with Crippen LogP contribution in [0.3, 0.4) is 0 Å². The third-order valence-electron chi connectivity index (χ3n) is 5.96. The first-order chi connectivity index (χ1) is 15.9. The highest BCUT2D eigenvalue weighted by molar-refractivity contribution is 7.93. The van der Waals surface area contributed by atoms with Crippen LogP contribution in [-0.4, -0.2) is 53.8 Å². The van der Waals surface area contributed by atoms with Gasteiger partial charge in [0, 0.05) is 18.3 Å². The number of rotatable bonds is 6. The van der Waals surface area contributed by atoms with Gasteiger partial charge in [0.15, 0.2) is 9.84 Å². The fourth-order valence-electron chi connectivity index (χ4n) is 3.96. The van der Waals surface area contributed by atoms with Gasteiger partial charge in [-0.25, -0.2) is 16.8 Å². The molecule has 0 fully saturated rings. The van der Waals surface area contributed by atoms with Crippen molar-refractivity contribution in [2.24, 2.45) is 0 Å². The molecule has 1 aromatic heterocycles. The van der Waals surface area contributed by atoms with Gasteiger partial charge in [-0.05, 0) is 58.2 Å². The normalized spacial score (nSPS) is 17.4. The van der Waals surface area contributed by atoms with Gasteiger partial charge in [0.05, 0.1) is 32.3 Å². The standard InChI is InChI=1S/C21H26F3N3O6S2/c1-20(2,3)34(30,31)14-8-13(21(22,23)24)9-15(10-14)35(32,33)26(4)17-6-5-7-18-16(17)11-25-27(18)12-19(28)29/h8-11,17H,5-7,12H2,1-4H3,(H,28,29)/t17-/m1/s1. The topological polar surface area (TPSA) is 127 Å². The summed E-state index contributed by atoms with van der Waals surface area (Å²) in [5, 5.41) is 13.1. The number of sulfonamides is 1. The Morgan fingerprint density at radius 2 is 1.74 bits per heavy atom. The maximum atomic E-state index is 13.6. The molecule has 3 rings (SSSR count). The Labute approximate surface area is 201 Å². The molecular weight excluding hydrogens is 511 g/mol. The lowest BCUT2D eigenvalue weighted by Crippen LogP contribution is -2.34. The maximum Gasteiger partial charge on any atom is 0.416 e. The van der Waals surface area contributed by atoms with E-state index in [0.717, 1.165) is 10.4 Å². The second-order valence-corrected chi connectivity index (χ2v) is 14.0. The first-order valence-corrected chi connectivity index (χ1v) is 13.5. The largest absolute Gasteiger partial charge is 0.480 e. The molecular formula is C21H26F3N3O6S2. The molecule has 1 heterocycles. The summed E-state index contributed by atoms with van der Waals surface area (Å²) in [6.07, 6.45) is -2.34. The second-order valence-electron chi connectivity index (χ2n) is 9.33. The Morgan fingerprint density at radius 3 is 2.29 bits per heavy atom. The van der Waals surface area contributed by atoms with Crippen LogP contribution in [0.15, 0.2) is 34.2 Å². The Kier molecular flexibility index (Phi) is 6.89. The van der Waals surface area contributed by atoms with E-state index in [2.05, 4.69) is 5.10 Å². The van der Waals surface area contributed by atoms with Crippen LogP contribution < -0.4 is 0 Å². The van der Waals surface area contributed by atoms with Crippen molar-refractivity contribution in [2.75, 3.05) is 7.05 Å². The van der Waals surface area contributed by atoms with E-state index in [9.17, 15) is 34.8 Å². The summed E-state index contributed by atoms with van der Waals surface area (Å²) < 4.78 is 94.3. The third-order valence-corrected chi connectivity index (χ3v) is 10.3. The second kappa shape index (κ2) is 8.89. The highest BCUT2D eigenvalue weighted by atomic mass is 32.2. The summed E-state index contributed by atoms with van der Waals surface area (Å²) in [7, 11) is -7.70. The average molecular weight is 538 g/mol. The number of fused-ring (bicyclic) bond motifs is 1. The number of carbonyl (C=O) groups is 1. The molecule has 0 aliphatic heterocycles. The van der Waals surface area contributed by atoms with Gasteiger partial charge >= 0.3 is 12.1 Å². The number of sulfone groups is 1. The van der Waals surface area contributed by atoms with Crippen LogP contribution in [0.25, 0.3) is 0 Å². The summed E-state index contributed by atoms with van der Waals surface area (Å²) in [6.45, 7) is 3.50. The van der Waals surface area contributed by atoms with Crippen molar-refractivity contribution in [1.29, 1.82) is 0 Å². The molecule has 9 nitrogen and oxygen atoms in total. The Bertz CT molecular complexity index is 1360. The highest BCUT2D eigenvalue weighted by Crippen LogP contribution is 2.39. The third kappa shape index (κ3) is 5.09. The molecule has 0 saturated carbocycles. The van der Waals surface area contributed by atoms with Crippen LogP contribution in [-0.2, 0) is 43.8 Å². The fraction of sp³-hybridized carbons (Fsp3) is 0.524. The van der Waals surface area contributed by atoms with Crippen molar-refractivity contribution in [3.8, 4) is 0 Å². The van der Waals surface area contributed by atoms with Gasteiger partial charge in [0.2, 0.25) is 10.0 Å². The van der Waals surface area contributed by atoms with E-state index < -0.39 is 64.7 Å². The molecule has 0 radical (unpaired) electrons. The molecule has 1 aliphatic rings. The van der Waals surface area contributed by atoms with Crippen LogP contribution in [0.1, 0.15) is 56.5 Å². The van der Waals surface area contributed by atoms with Crippen LogP contribution in [0.5, 0.6) is 0 Å². The Morgan fingerprint density at radius 1 is 1.14 bits per heavy atom. The van der Waals surface area contributed by atoms with E-state index in [4.69, 9.17) is 5.11 Å². The first kappa shape index (κ1) is 27.1. The molecule has 0 spiro atoms. The fourth-order valence-corrected chi connectivity index (χ4v) is 6.75. The number of alkyl halides is 3. The SMILES string of the molecule is CN([C@@H]1CCCc2c1cnn2CC(=O)O)S(=O)(=O)c1cc(C(F)(F)F)cc(S(=O)(=O)C(C)(C)C)c1. The summed E-state index contributed by atoms with van der Waals surface area (Å²) >= 11 is 0. The number of benzene rings is 1. The van der Waals surface area contributed by atoms with E-state index in [1.165, 1.54) is 38.7 Å². The lowest BCUT2D eigenvalue weighted by atomic mass is 9.93. The number of halogens is 3. The number of carboxylic acid groups (broad SMARTS) is 1. The van der Waals surface area contributed by atoms with Crippen molar-refractivity contribution in [2.45, 2.75) is 73.3 Å². The zero-order valence-electron chi connectivity index (χ0n) is 19.5. The van der Waals surface area contributed by atoms with Gasteiger partial charge in [-0.1, -0.05) is 0 Å². The van der Waals surface area contributed by atoms with Gasteiger partial charge in [0.1, 0.15) is 6.54 Å². The lowest BCUT2D eigenvalue weighted by Gasteiger charge is -2.31. The maximum absolute atomic E-state index is 13.6. The summed E-state index contributed by atoms with van der Waals surface area (Å²) in [6, 6.07) is 0.794. The van der Waals surface area contributed by atoms with Crippen LogP contribution in [0.2, 0.25) is 0 Å². The van der Waals surface area contributed by atoms with Crippen molar-refractivity contribution in [3.05, 3.63) is 41.2 Å². The summed E-state index contributed by atoms with van der Waals surface area (Å²) in [5.74, 6) is -1.13. The van der Waals surface area contributed by atoms with E-state index in [0.29, 0.717) is 42.7 Å². The molecule has 0 saturated heterocycles. The number of aromatic nitrogens is 2. The number of aliphatic carboxylic acids is 1. The molecule has 1 aliphatic carbocycles. The molecule has 0 bridgehead atoms. The minimum Gasteiger partial charge on any atom is -0.480 e. The zero-order chi connectivity index (χ0) is 26.6. The molecule has 0 unspecified atom stereocenters. The minimum absolute atomic E-state index is 0.327. The minimum atomic E-state index is -4.98. The van der Waals surface area contributed by atoms with Gasteiger partial charge in [-0.3, -0.25) is 9.48 Å². The molecule has 1 atom stereocenters. The van der Waals surface area contributed by atoms with Crippen molar-refractivity contribution >= 4 is 25.8 Å². The molecule has 1 N–H and O–H groups in total. The van der Waals surface area contributed by atoms with E-state index >= 15 is 0 Å². The molecule has 0 amide bonds. The van der Waals surface area contributed by atoms with Gasteiger partial charge in [-0.15, -0.1) is 0 Å². The summed E-state index contributed by atoms with van der Waals surface area (Å²) in [5.41, 5.74) is -0.405. The lowest BCUT2D eigenvalue weighted by molar-refractivity contribution is -0.138. The monoisotopic (exact) mass is 537 g/mol. The van der Waals surface area contributed by atoms with Crippen LogP contribution >= 0.6 is 0 Å². The molecule has 1 aromatic carbocycles. The number of carboxylic acids is 1. The smallest absolute Gasteiger partial charge is 0.416 e. The van der Waals surface area contributed by atoms with E-state index in [-0.39, 0.29) is 0 Å². The van der Waals surface area contributed by atoms with Crippen LogP contribution in [0, 0.1) is 0 Å². The number of hydrogen-bond donors (Lipinski definition) is 1. The molecule has 35 heavy (non-hydrogen) atoms. The van der Waals surface area contributed by atoms with Crippen molar-refractivity contribution in [3.63, 3.8) is 0 Å². The van der Waals surface area contributed by atoms with Gasteiger partial charge in [-0.2, -0.15) is 22.6 Å². The highest BCUT2D eigenvalue weighted by Gasteiger charge is 2.40. The quantitative estimate of drug-likeness (QED) is 0.599. The molecule has 14 heteroatoms. The number of hydrogen-bond acceptors (Lipinski definition) is 6. The Hall–Kier alpha value is -2.45. The van der Waals surface area contributed by atoms with Crippen molar-refractivity contribution < 1.29 is 39.9 Å². The van der Waals surface area contributed by atoms with E-state index in [1.54, 1.807) is 0 Å². The molecule has 194 valence electrons. The van der Waals surface area contributed by atoms with E-state index in [1.807, 2.05) is 0 Å². The summed E-state index contributed by atoms with van der Waals surface area (Å²) in [4.78, 5) is 9.55. The van der Waals surface area contributed by atoms with Gasteiger partial charge < -0.3 is 5.11 Å². The predicted molar refractivity (Wildman–Crippen MR) is 119 cm³/mol.